The normalized spacial score (nSPS) is 15.0. The number of amides is 1. The largest absolute Gasteiger partial charge is 0.493 e. The molecular weight excluding hydrogens is 370 g/mol. The number of carbonyl (C=O) groups excluding carboxylic acids is 1. The molecule has 2 aromatic rings. The molecule has 0 radical (unpaired) electrons. The van der Waals surface area contributed by atoms with Crippen LogP contribution in [0.25, 0.3) is 0 Å². The lowest BCUT2D eigenvalue weighted by atomic mass is 10.0. The maximum atomic E-state index is 12.9. The summed E-state index contributed by atoms with van der Waals surface area (Å²) in [4.78, 5) is 25.9. The fourth-order valence-electron chi connectivity index (χ4n) is 3.43. The quantitative estimate of drug-likeness (QED) is 0.844. The number of carboxylic acids is 1. The van der Waals surface area contributed by atoms with Crippen molar-refractivity contribution in [3.63, 3.8) is 0 Å². The second kappa shape index (κ2) is 8.00. The van der Waals surface area contributed by atoms with Crippen LogP contribution in [0.5, 0.6) is 5.75 Å². The maximum Gasteiger partial charge on any atom is 0.339 e. The Morgan fingerprint density at radius 1 is 1.30 bits per heavy atom. The van der Waals surface area contributed by atoms with Crippen molar-refractivity contribution in [3.05, 3.63) is 46.2 Å². The molecule has 144 valence electrons. The summed E-state index contributed by atoms with van der Waals surface area (Å²) in [6.45, 7) is 5.21. The van der Waals surface area contributed by atoms with Gasteiger partial charge in [-0.25, -0.2) is 4.79 Å². The zero-order chi connectivity index (χ0) is 19.6. The topological polar surface area (TPSA) is 84.7 Å². The van der Waals surface area contributed by atoms with Crippen molar-refractivity contribution in [1.82, 2.24) is 14.7 Å². The van der Waals surface area contributed by atoms with Gasteiger partial charge in [-0.3, -0.25) is 9.48 Å². The van der Waals surface area contributed by atoms with E-state index >= 15 is 0 Å². The molecule has 1 aromatic heterocycles. The molecule has 1 fully saturated rings. The number of carboxylic acid groups (broad SMARTS) is 1. The van der Waals surface area contributed by atoms with Crippen molar-refractivity contribution in [2.75, 3.05) is 19.7 Å². The predicted octanol–water partition coefficient (Wildman–Crippen LogP) is 3.42. The molecule has 8 heteroatoms. The third-order valence-electron chi connectivity index (χ3n) is 4.85. The first kappa shape index (κ1) is 19.2. The standard InChI is InChI=1S/C19H22ClN3O4/c1-3-27-17-10-13(20)4-5-15(17)18(24)22-8-6-14(7-9-22)23-12(2)16(11-21-23)19(25)26/h4-5,10-11,14H,3,6-9H2,1-2H3,(H,25,26). The van der Waals surface area contributed by atoms with Gasteiger partial charge in [0.2, 0.25) is 0 Å². The van der Waals surface area contributed by atoms with E-state index in [0.717, 1.165) is 0 Å². The van der Waals surface area contributed by atoms with Crippen molar-refractivity contribution in [3.8, 4) is 5.75 Å². The monoisotopic (exact) mass is 391 g/mol. The highest BCUT2D eigenvalue weighted by Crippen LogP contribution is 2.29. The molecule has 0 bridgehead atoms. The molecule has 1 aliphatic heterocycles. The van der Waals surface area contributed by atoms with Gasteiger partial charge in [0.1, 0.15) is 11.3 Å². The molecule has 1 aliphatic rings. The lowest BCUT2D eigenvalue weighted by Crippen LogP contribution is -2.39. The average molecular weight is 392 g/mol. The second-order valence-electron chi connectivity index (χ2n) is 6.49. The van der Waals surface area contributed by atoms with Crippen molar-refractivity contribution in [1.29, 1.82) is 0 Å². The van der Waals surface area contributed by atoms with Crippen LogP contribution in [0.2, 0.25) is 5.02 Å². The van der Waals surface area contributed by atoms with Crippen LogP contribution in [0.1, 0.15) is 52.2 Å². The van der Waals surface area contributed by atoms with Crippen molar-refractivity contribution >= 4 is 23.5 Å². The molecular formula is C19H22ClN3O4. The van der Waals surface area contributed by atoms with Gasteiger partial charge in [0.05, 0.1) is 30.1 Å². The third-order valence-corrected chi connectivity index (χ3v) is 5.08. The minimum absolute atomic E-state index is 0.0822. The number of hydrogen-bond acceptors (Lipinski definition) is 4. The molecule has 1 aromatic carbocycles. The van der Waals surface area contributed by atoms with E-state index in [4.69, 9.17) is 16.3 Å². The first-order valence-corrected chi connectivity index (χ1v) is 9.29. The predicted molar refractivity (Wildman–Crippen MR) is 101 cm³/mol. The molecule has 0 atom stereocenters. The van der Waals surface area contributed by atoms with Crippen molar-refractivity contribution < 1.29 is 19.4 Å². The zero-order valence-corrected chi connectivity index (χ0v) is 16.1. The van der Waals surface area contributed by atoms with Gasteiger partial charge >= 0.3 is 5.97 Å². The highest BCUT2D eigenvalue weighted by atomic mass is 35.5. The van der Waals surface area contributed by atoms with Crippen LogP contribution >= 0.6 is 11.6 Å². The SMILES string of the molecule is CCOc1cc(Cl)ccc1C(=O)N1CCC(n2ncc(C(=O)O)c2C)CC1. The van der Waals surface area contributed by atoms with Crippen molar-refractivity contribution in [2.24, 2.45) is 0 Å². The van der Waals surface area contributed by atoms with Gasteiger partial charge in [-0.05, 0) is 44.9 Å². The summed E-state index contributed by atoms with van der Waals surface area (Å²) >= 11 is 6.01. The fourth-order valence-corrected chi connectivity index (χ4v) is 3.60. The molecule has 0 spiro atoms. The summed E-state index contributed by atoms with van der Waals surface area (Å²) in [7, 11) is 0. The first-order valence-electron chi connectivity index (χ1n) is 8.91. The number of carbonyl (C=O) groups is 2. The van der Waals surface area contributed by atoms with E-state index < -0.39 is 5.97 Å². The fraction of sp³-hybridized carbons (Fsp3) is 0.421. The molecule has 0 saturated carbocycles. The Morgan fingerprint density at radius 2 is 2.00 bits per heavy atom. The molecule has 27 heavy (non-hydrogen) atoms. The molecule has 1 N–H and O–H groups in total. The maximum absolute atomic E-state index is 12.9. The number of ether oxygens (including phenoxy) is 1. The number of rotatable bonds is 5. The van der Waals surface area contributed by atoms with Gasteiger partial charge in [0.15, 0.2) is 0 Å². The summed E-state index contributed by atoms with van der Waals surface area (Å²) in [6.07, 6.45) is 2.81. The van der Waals surface area contributed by atoms with Gasteiger partial charge in [0.25, 0.3) is 5.91 Å². The number of aromatic nitrogens is 2. The van der Waals surface area contributed by atoms with Crippen LogP contribution in [0, 0.1) is 6.92 Å². The van der Waals surface area contributed by atoms with Crippen LogP contribution in [-0.2, 0) is 0 Å². The average Bonchev–Trinajstić information content (AvgIpc) is 3.03. The van der Waals surface area contributed by atoms with Gasteiger partial charge in [-0.1, -0.05) is 11.6 Å². The highest BCUT2D eigenvalue weighted by molar-refractivity contribution is 6.30. The summed E-state index contributed by atoms with van der Waals surface area (Å²) in [5, 5.41) is 13.9. The van der Waals surface area contributed by atoms with Crippen LogP contribution in [0.15, 0.2) is 24.4 Å². The summed E-state index contributed by atoms with van der Waals surface area (Å²) in [6, 6.07) is 5.12. The molecule has 7 nitrogen and oxygen atoms in total. The van der Waals surface area contributed by atoms with Crippen LogP contribution in [-0.4, -0.2) is 51.4 Å². The number of hydrogen-bond donors (Lipinski definition) is 1. The van der Waals surface area contributed by atoms with Crippen molar-refractivity contribution in [2.45, 2.75) is 32.7 Å². The Bertz CT molecular complexity index is 857. The van der Waals surface area contributed by atoms with E-state index in [1.165, 1.54) is 6.20 Å². The van der Waals surface area contributed by atoms with Gasteiger partial charge in [-0.2, -0.15) is 5.10 Å². The second-order valence-corrected chi connectivity index (χ2v) is 6.93. The Labute approximate surface area is 162 Å². The molecule has 3 rings (SSSR count). The van der Waals surface area contributed by atoms with E-state index in [1.807, 2.05) is 6.92 Å². The van der Waals surface area contributed by atoms with E-state index in [1.54, 1.807) is 34.7 Å². The lowest BCUT2D eigenvalue weighted by Gasteiger charge is -2.33. The molecule has 1 saturated heterocycles. The Balaban J connectivity index is 1.71. The minimum Gasteiger partial charge on any atom is -0.493 e. The van der Waals surface area contributed by atoms with E-state index in [0.29, 0.717) is 54.6 Å². The number of halogens is 1. The summed E-state index contributed by atoms with van der Waals surface area (Å²) in [5.41, 5.74) is 1.36. The Kier molecular flexibility index (Phi) is 5.70. The van der Waals surface area contributed by atoms with Crippen LogP contribution in [0.4, 0.5) is 0 Å². The smallest absolute Gasteiger partial charge is 0.339 e. The Morgan fingerprint density at radius 3 is 2.59 bits per heavy atom. The summed E-state index contributed by atoms with van der Waals surface area (Å²) < 4.78 is 7.32. The Hall–Kier alpha value is -2.54. The lowest BCUT2D eigenvalue weighted by molar-refractivity contribution is 0.0684. The van der Waals surface area contributed by atoms with E-state index in [9.17, 15) is 14.7 Å². The zero-order valence-electron chi connectivity index (χ0n) is 15.3. The van der Waals surface area contributed by atoms with Crippen LogP contribution < -0.4 is 4.74 Å². The highest BCUT2D eigenvalue weighted by Gasteiger charge is 2.28. The molecule has 0 unspecified atom stereocenters. The number of likely N-dealkylation sites (tertiary alicyclic amines) is 1. The first-order chi connectivity index (χ1) is 12.9. The molecule has 2 heterocycles. The third kappa shape index (κ3) is 3.93. The molecule has 0 aliphatic carbocycles. The van der Waals surface area contributed by atoms with Gasteiger partial charge in [0, 0.05) is 18.1 Å². The number of aromatic carboxylic acids is 1. The number of benzene rings is 1. The number of nitrogens with zero attached hydrogens (tertiary/aromatic N) is 3. The number of piperidine rings is 1. The minimum atomic E-state index is -0.974. The van der Waals surface area contributed by atoms with E-state index in [2.05, 4.69) is 5.10 Å². The van der Waals surface area contributed by atoms with Crippen LogP contribution in [0.3, 0.4) is 0 Å². The van der Waals surface area contributed by atoms with Gasteiger partial charge in [-0.15, -0.1) is 0 Å². The van der Waals surface area contributed by atoms with Gasteiger partial charge < -0.3 is 14.7 Å². The summed E-state index contributed by atoms with van der Waals surface area (Å²) in [5.74, 6) is -0.569. The molecule has 1 amide bonds. The van der Waals surface area contributed by atoms with E-state index in [-0.39, 0.29) is 17.5 Å².